The fraction of sp³-hybridized carbons (Fsp3) is 0.667. The smallest absolute Gasteiger partial charge is 0.223 e. The fourth-order valence-corrected chi connectivity index (χ4v) is 4.33. The van der Waals surface area contributed by atoms with Gasteiger partial charge >= 0.3 is 0 Å². The lowest BCUT2D eigenvalue weighted by Crippen LogP contribution is -2.46. The summed E-state index contributed by atoms with van der Waals surface area (Å²) in [6.07, 6.45) is 3.67. The first-order valence-corrected chi connectivity index (χ1v) is 11.5. The Kier molecular flexibility index (Phi) is 7.51. The third kappa shape index (κ3) is 6.21. The first-order chi connectivity index (χ1) is 13.0. The molecule has 0 saturated heterocycles. The number of sulfonamides is 1. The maximum Gasteiger partial charge on any atom is 0.223 e. The molecule has 1 aliphatic carbocycles. The molecule has 2 N–H and O–H groups in total. The molecule has 7 heteroatoms. The minimum absolute atomic E-state index is 0.0218. The van der Waals surface area contributed by atoms with E-state index < -0.39 is 14.8 Å². The molecular formula is C21H35N3O3S. The summed E-state index contributed by atoms with van der Waals surface area (Å²) in [7, 11) is 0.682. The Labute approximate surface area is 170 Å². The van der Waals surface area contributed by atoms with Gasteiger partial charge in [0.15, 0.2) is 0 Å². The van der Waals surface area contributed by atoms with Crippen molar-refractivity contribution in [1.29, 1.82) is 0 Å². The van der Waals surface area contributed by atoms with Crippen molar-refractivity contribution in [2.45, 2.75) is 63.7 Å². The van der Waals surface area contributed by atoms with Crippen LogP contribution in [0, 0.1) is 5.92 Å². The van der Waals surface area contributed by atoms with Crippen LogP contribution in [0.15, 0.2) is 24.3 Å². The summed E-state index contributed by atoms with van der Waals surface area (Å²) in [6.45, 7) is 5.71. The molecule has 0 atom stereocenters. The Morgan fingerprint density at radius 2 is 1.64 bits per heavy atom. The second-order valence-electron chi connectivity index (χ2n) is 8.88. The number of carbonyl (C=O) groups is 1. The van der Waals surface area contributed by atoms with Crippen molar-refractivity contribution in [1.82, 2.24) is 10.0 Å². The Balaban J connectivity index is 1.73. The molecular weight excluding hydrogens is 374 g/mol. The number of hydrogen-bond acceptors (Lipinski definition) is 4. The average molecular weight is 410 g/mol. The predicted octanol–water partition coefficient (Wildman–Crippen LogP) is 2.69. The number of amides is 1. The zero-order chi connectivity index (χ0) is 20.9. The van der Waals surface area contributed by atoms with Crippen molar-refractivity contribution in [2.75, 3.05) is 25.5 Å². The van der Waals surface area contributed by atoms with Crippen molar-refractivity contribution in [2.24, 2.45) is 5.92 Å². The lowest BCUT2D eigenvalue weighted by Gasteiger charge is -2.30. The number of nitrogens with zero attached hydrogens (tertiary/aromatic N) is 1. The van der Waals surface area contributed by atoms with E-state index in [4.69, 9.17) is 0 Å². The van der Waals surface area contributed by atoms with Crippen molar-refractivity contribution in [3.63, 3.8) is 0 Å². The van der Waals surface area contributed by atoms with E-state index in [9.17, 15) is 13.2 Å². The molecule has 1 aromatic carbocycles. The molecule has 0 heterocycles. The van der Waals surface area contributed by atoms with Crippen LogP contribution in [0.1, 0.15) is 52.0 Å². The van der Waals surface area contributed by atoms with Crippen molar-refractivity contribution in [3.05, 3.63) is 29.8 Å². The third-order valence-corrected chi connectivity index (χ3v) is 7.65. The molecule has 1 fully saturated rings. The van der Waals surface area contributed by atoms with Gasteiger partial charge in [0, 0.05) is 38.3 Å². The average Bonchev–Trinajstić information content (AvgIpc) is 2.61. The van der Waals surface area contributed by atoms with Gasteiger partial charge in [-0.15, -0.1) is 0 Å². The van der Waals surface area contributed by atoms with Crippen LogP contribution in [0.4, 0.5) is 5.69 Å². The van der Waals surface area contributed by atoms with E-state index in [0.717, 1.165) is 24.9 Å². The number of anilines is 1. The molecule has 6 nitrogen and oxygen atoms in total. The van der Waals surface area contributed by atoms with Crippen LogP contribution < -0.4 is 14.9 Å². The van der Waals surface area contributed by atoms with Gasteiger partial charge in [0.1, 0.15) is 0 Å². The van der Waals surface area contributed by atoms with Crippen molar-refractivity contribution < 1.29 is 13.2 Å². The van der Waals surface area contributed by atoms with E-state index in [0.29, 0.717) is 19.4 Å². The number of nitrogens with one attached hydrogen (secondary N) is 2. The topological polar surface area (TPSA) is 78.5 Å². The highest BCUT2D eigenvalue weighted by molar-refractivity contribution is 7.90. The summed E-state index contributed by atoms with van der Waals surface area (Å²) >= 11 is 0. The maximum absolute atomic E-state index is 12.4. The minimum Gasteiger partial charge on any atom is -0.378 e. The van der Waals surface area contributed by atoms with Crippen LogP contribution in [0.3, 0.4) is 0 Å². The second kappa shape index (κ2) is 9.27. The molecule has 0 aliphatic heterocycles. The van der Waals surface area contributed by atoms with Crippen molar-refractivity contribution >= 4 is 21.6 Å². The standard InChI is InChI=1S/C21H35N3O3S/c1-21(2,3)28(26,27)23-18-10-8-17(9-11-18)20(25)22-15-14-16-6-12-19(13-7-16)24(4)5/h6-7,12-13,17-18,23H,8-11,14-15H2,1-5H3,(H,22,25). The Morgan fingerprint density at radius 3 is 2.14 bits per heavy atom. The van der Waals surface area contributed by atoms with Gasteiger partial charge in [-0.1, -0.05) is 12.1 Å². The monoisotopic (exact) mass is 409 g/mol. The van der Waals surface area contributed by atoms with Crippen molar-refractivity contribution in [3.8, 4) is 0 Å². The molecule has 2 rings (SSSR count). The molecule has 0 aromatic heterocycles. The quantitative estimate of drug-likeness (QED) is 0.726. The summed E-state index contributed by atoms with van der Waals surface area (Å²) in [4.78, 5) is 14.5. The minimum atomic E-state index is -3.34. The molecule has 0 radical (unpaired) electrons. The molecule has 1 saturated carbocycles. The summed E-state index contributed by atoms with van der Waals surface area (Å²) in [5.41, 5.74) is 2.36. The SMILES string of the molecule is CN(C)c1ccc(CCNC(=O)C2CCC(NS(=O)(=O)C(C)(C)C)CC2)cc1. The second-order valence-corrected chi connectivity index (χ2v) is 11.4. The molecule has 1 amide bonds. The lowest BCUT2D eigenvalue weighted by atomic mass is 9.86. The van der Waals surface area contributed by atoms with E-state index in [1.54, 1.807) is 20.8 Å². The fourth-order valence-electron chi connectivity index (χ4n) is 3.30. The third-order valence-electron chi connectivity index (χ3n) is 5.39. The van der Waals surface area contributed by atoms with E-state index in [-0.39, 0.29) is 17.9 Å². The van der Waals surface area contributed by atoms with Crippen LogP contribution in [-0.2, 0) is 21.2 Å². The van der Waals surface area contributed by atoms with Gasteiger partial charge < -0.3 is 10.2 Å². The first kappa shape index (κ1) is 22.7. The summed E-state index contributed by atoms with van der Waals surface area (Å²) in [5.74, 6) is 0.0635. The number of hydrogen-bond donors (Lipinski definition) is 2. The normalized spacial score (nSPS) is 20.6. The molecule has 0 unspecified atom stereocenters. The molecule has 0 spiro atoms. The van der Waals surface area contributed by atoms with E-state index >= 15 is 0 Å². The highest BCUT2D eigenvalue weighted by Gasteiger charge is 2.33. The van der Waals surface area contributed by atoms with Gasteiger partial charge in [0.2, 0.25) is 15.9 Å². The number of benzene rings is 1. The van der Waals surface area contributed by atoms with E-state index in [1.807, 2.05) is 14.1 Å². The Morgan fingerprint density at radius 1 is 1.07 bits per heavy atom. The molecule has 158 valence electrons. The number of rotatable bonds is 7. The van der Waals surface area contributed by atoms with Gasteiger partial charge in [-0.2, -0.15) is 0 Å². The predicted molar refractivity (Wildman–Crippen MR) is 115 cm³/mol. The van der Waals surface area contributed by atoms with Gasteiger partial charge in [-0.25, -0.2) is 13.1 Å². The summed E-state index contributed by atoms with van der Waals surface area (Å²) in [5, 5.41) is 3.04. The van der Waals surface area contributed by atoms with Crippen LogP contribution in [0.2, 0.25) is 0 Å². The first-order valence-electron chi connectivity index (χ1n) is 10.1. The Hall–Kier alpha value is -1.60. The van der Waals surface area contributed by atoms with Gasteiger partial charge in [-0.3, -0.25) is 4.79 Å². The molecule has 1 aromatic rings. The van der Waals surface area contributed by atoms with Crippen LogP contribution >= 0.6 is 0 Å². The van der Waals surface area contributed by atoms with Crippen LogP contribution in [0.5, 0.6) is 0 Å². The largest absolute Gasteiger partial charge is 0.378 e. The lowest BCUT2D eigenvalue weighted by molar-refractivity contribution is -0.125. The molecule has 1 aliphatic rings. The van der Waals surface area contributed by atoms with Gasteiger partial charge in [0.25, 0.3) is 0 Å². The highest BCUT2D eigenvalue weighted by Crippen LogP contribution is 2.26. The summed E-state index contributed by atoms with van der Waals surface area (Å²) < 4.78 is 26.5. The van der Waals surface area contributed by atoms with Crippen LogP contribution in [-0.4, -0.2) is 45.8 Å². The van der Waals surface area contributed by atoms with E-state index in [2.05, 4.69) is 39.2 Å². The molecule has 0 bridgehead atoms. The highest BCUT2D eigenvalue weighted by atomic mass is 32.2. The molecule has 28 heavy (non-hydrogen) atoms. The van der Waals surface area contributed by atoms with Crippen LogP contribution in [0.25, 0.3) is 0 Å². The van der Waals surface area contributed by atoms with E-state index in [1.165, 1.54) is 5.56 Å². The van der Waals surface area contributed by atoms with Gasteiger partial charge in [0.05, 0.1) is 4.75 Å². The zero-order valence-corrected chi connectivity index (χ0v) is 18.6. The maximum atomic E-state index is 12.4. The van der Waals surface area contributed by atoms with Gasteiger partial charge in [-0.05, 0) is 70.6 Å². The zero-order valence-electron chi connectivity index (χ0n) is 17.8. The number of carbonyl (C=O) groups excluding carboxylic acids is 1. The summed E-state index contributed by atoms with van der Waals surface area (Å²) in [6, 6.07) is 8.28. The Bertz CT molecular complexity index is 744.